The van der Waals surface area contributed by atoms with Gasteiger partial charge in [0.1, 0.15) is 0 Å². The molecule has 0 fully saturated rings. The summed E-state index contributed by atoms with van der Waals surface area (Å²) in [5.41, 5.74) is 6.59. The van der Waals surface area contributed by atoms with Crippen molar-refractivity contribution in [3.8, 4) is 0 Å². The zero-order valence-corrected chi connectivity index (χ0v) is 11.1. The Morgan fingerprint density at radius 3 is 2.62 bits per heavy atom. The van der Waals surface area contributed by atoms with Gasteiger partial charge in [0.2, 0.25) is 0 Å². The molecule has 0 aromatic heterocycles. The van der Waals surface area contributed by atoms with Crippen LogP contribution in [0.1, 0.15) is 26.2 Å². The number of unbranched alkanes of at least 4 members (excludes halogenated alkanes) is 1. The Labute approximate surface area is 100 Å². The zero-order chi connectivity index (χ0) is 12.4. The topological polar surface area (TPSA) is 53.3 Å². The van der Waals surface area contributed by atoms with Gasteiger partial charge in [-0.05, 0) is 33.0 Å². The molecule has 4 nitrogen and oxygen atoms in total. The first-order valence-corrected chi connectivity index (χ1v) is 6.16. The zero-order valence-electron chi connectivity index (χ0n) is 11.1. The van der Waals surface area contributed by atoms with Gasteiger partial charge in [0.15, 0.2) is 0 Å². The Morgan fingerprint density at radius 2 is 2.12 bits per heavy atom. The van der Waals surface area contributed by atoms with Gasteiger partial charge < -0.3 is 16.0 Å². The number of hydrogen-bond donors (Lipinski definition) is 3. The maximum absolute atomic E-state index is 5.61. The van der Waals surface area contributed by atoms with Crippen molar-refractivity contribution in [2.45, 2.75) is 32.4 Å². The molecule has 0 aliphatic heterocycles. The van der Waals surface area contributed by atoms with Crippen molar-refractivity contribution in [3.05, 3.63) is 12.3 Å². The van der Waals surface area contributed by atoms with Crippen LogP contribution in [-0.2, 0) is 0 Å². The highest BCUT2D eigenvalue weighted by molar-refractivity contribution is 4.96. The minimum Gasteiger partial charge on any atom is -0.362 e. The van der Waals surface area contributed by atoms with Crippen LogP contribution in [0, 0.1) is 0 Å². The van der Waals surface area contributed by atoms with E-state index in [9.17, 15) is 0 Å². The van der Waals surface area contributed by atoms with Crippen molar-refractivity contribution in [1.82, 2.24) is 15.5 Å². The molecule has 96 valence electrons. The SMILES string of the molecule is C=C(CN)N(C)C(CCNC)NCCCC. The van der Waals surface area contributed by atoms with Gasteiger partial charge in [0.05, 0.1) is 6.17 Å². The second-order valence-electron chi connectivity index (χ2n) is 4.10. The predicted octanol–water partition coefficient (Wildman–Crippen LogP) is 0.716. The molecule has 0 amide bonds. The van der Waals surface area contributed by atoms with Gasteiger partial charge in [-0.2, -0.15) is 0 Å². The number of nitrogens with zero attached hydrogens (tertiary/aromatic N) is 1. The van der Waals surface area contributed by atoms with Crippen LogP contribution in [0.2, 0.25) is 0 Å². The van der Waals surface area contributed by atoms with Gasteiger partial charge in [-0.25, -0.2) is 0 Å². The Morgan fingerprint density at radius 1 is 1.44 bits per heavy atom. The van der Waals surface area contributed by atoms with Crippen molar-refractivity contribution < 1.29 is 0 Å². The first-order valence-electron chi connectivity index (χ1n) is 6.16. The smallest absolute Gasteiger partial charge is 0.0802 e. The minimum absolute atomic E-state index is 0.329. The summed E-state index contributed by atoms with van der Waals surface area (Å²) in [4.78, 5) is 2.15. The monoisotopic (exact) mass is 228 g/mol. The lowest BCUT2D eigenvalue weighted by Crippen LogP contribution is -2.45. The molecule has 4 N–H and O–H groups in total. The second-order valence-corrected chi connectivity index (χ2v) is 4.10. The van der Waals surface area contributed by atoms with Crippen molar-refractivity contribution in [1.29, 1.82) is 0 Å². The van der Waals surface area contributed by atoms with Gasteiger partial charge in [-0.15, -0.1) is 0 Å². The summed E-state index contributed by atoms with van der Waals surface area (Å²) in [7, 11) is 4.02. The van der Waals surface area contributed by atoms with E-state index in [1.165, 1.54) is 12.8 Å². The highest BCUT2D eigenvalue weighted by Crippen LogP contribution is 2.05. The third-order valence-electron chi connectivity index (χ3n) is 2.78. The molecule has 1 atom stereocenters. The Hall–Kier alpha value is -0.580. The maximum Gasteiger partial charge on any atom is 0.0802 e. The summed E-state index contributed by atoms with van der Waals surface area (Å²) in [5.74, 6) is 0. The van der Waals surface area contributed by atoms with E-state index in [4.69, 9.17) is 5.73 Å². The fraction of sp³-hybridized carbons (Fsp3) is 0.833. The van der Waals surface area contributed by atoms with Crippen LogP contribution in [0.4, 0.5) is 0 Å². The summed E-state index contributed by atoms with van der Waals surface area (Å²) in [6, 6.07) is 0. The first-order chi connectivity index (χ1) is 7.67. The van der Waals surface area contributed by atoms with Gasteiger partial charge in [0, 0.05) is 19.3 Å². The molecule has 0 bridgehead atoms. The van der Waals surface area contributed by atoms with E-state index < -0.39 is 0 Å². The fourth-order valence-corrected chi connectivity index (χ4v) is 1.52. The first kappa shape index (κ1) is 15.4. The quantitative estimate of drug-likeness (QED) is 0.381. The molecule has 0 saturated heterocycles. The van der Waals surface area contributed by atoms with E-state index in [0.29, 0.717) is 12.7 Å². The average Bonchev–Trinajstić information content (AvgIpc) is 2.31. The van der Waals surface area contributed by atoms with Crippen LogP contribution in [0.25, 0.3) is 0 Å². The lowest BCUT2D eigenvalue weighted by molar-refractivity contribution is 0.238. The van der Waals surface area contributed by atoms with Gasteiger partial charge in [-0.1, -0.05) is 19.9 Å². The molecular weight excluding hydrogens is 200 g/mol. The van der Waals surface area contributed by atoms with E-state index >= 15 is 0 Å². The van der Waals surface area contributed by atoms with E-state index in [2.05, 4.69) is 36.1 Å². The van der Waals surface area contributed by atoms with Crippen LogP contribution >= 0.6 is 0 Å². The predicted molar refractivity (Wildman–Crippen MR) is 71.2 cm³/mol. The Kier molecular flexibility index (Phi) is 9.28. The van der Waals surface area contributed by atoms with Gasteiger partial charge in [-0.3, -0.25) is 5.32 Å². The summed E-state index contributed by atoms with van der Waals surface area (Å²) < 4.78 is 0. The van der Waals surface area contributed by atoms with Gasteiger partial charge >= 0.3 is 0 Å². The largest absolute Gasteiger partial charge is 0.362 e. The minimum atomic E-state index is 0.329. The number of nitrogens with two attached hydrogens (primary N) is 1. The summed E-state index contributed by atoms with van der Waals surface area (Å²) >= 11 is 0. The molecule has 0 rings (SSSR count). The van der Waals surface area contributed by atoms with Crippen LogP contribution < -0.4 is 16.4 Å². The van der Waals surface area contributed by atoms with Crippen molar-refractivity contribution in [2.24, 2.45) is 5.73 Å². The summed E-state index contributed by atoms with van der Waals surface area (Å²) in [5, 5.41) is 6.71. The van der Waals surface area contributed by atoms with Crippen LogP contribution in [0.5, 0.6) is 0 Å². The molecule has 0 saturated carbocycles. The van der Waals surface area contributed by atoms with Crippen molar-refractivity contribution >= 4 is 0 Å². The molecule has 0 aromatic carbocycles. The van der Waals surface area contributed by atoms with Crippen LogP contribution in [0.15, 0.2) is 12.3 Å². The molecule has 0 spiro atoms. The lowest BCUT2D eigenvalue weighted by Gasteiger charge is -2.32. The number of likely N-dealkylation sites (N-methyl/N-ethyl adjacent to an activating group) is 1. The third-order valence-corrected chi connectivity index (χ3v) is 2.78. The van der Waals surface area contributed by atoms with E-state index in [0.717, 1.165) is 25.2 Å². The fourth-order valence-electron chi connectivity index (χ4n) is 1.52. The van der Waals surface area contributed by atoms with E-state index in [-0.39, 0.29) is 0 Å². The Balaban J connectivity index is 4.11. The normalized spacial score (nSPS) is 12.5. The van der Waals surface area contributed by atoms with E-state index in [1.54, 1.807) is 0 Å². The highest BCUT2D eigenvalue weighted by atomic mass is 15.3. The average molecular weight is 228 g/mol. The van der Waals surface area contributed by atoms with E-state index in [1.807, 2.05) is 7.05 Å². The second kappa shape index (κ2) is 9.63. The molecule has 0 aromatic rings. The molecule has 0 aliphatic rings. The molecule has 1 unspecified atom stereocenters. The number of hydrogen-bond acceptors (Lipinski definition) is 4. The molecular formula is C12H28N4. The Bertz CT molecular complexity index is 182. The van der Waals surface area contributed by atoms with Crippen LogP contribution in [-0.4, -0.2) is 44.8 Å². The number of rotatable bonds is 10. The standard InChI is InChI=1S/C12H28N4/c1-5-6-8-15-12(7-9-14-3)16(4)11(2)10-13/h12,14-15H,2,5-10,13H2,1,3-4H3. The molecule has 16 heavy (non-hydrogen) atoms. The maximum atomic E-state index is 5.61. The summed E-state index contributed by atoms with van der Waals surface area (Å²) in [6.45, 7) is 8.73. The van der Waals surface area contributed by atoms with Crippen LogP contribution in [0.3, 0.4) is 0 Å². The highest BCUT2D eigenvalue weighted by Gasteiger charge is 2.13. The molecule has 0 aliphatic carbocycles. The lowest BCUT2D eigenvalue weighted by atomic mass is 10.2. The summed E-state index contributed by atoms with van der Waals surface area (Å²) in [6.07, 6.45) is 3.80. The molecule has 0 heterocycles. The van der Waals surface area contributed by atoms with Gasteiger partial charge in [0.25, 0.3) is 0 Å². The van der Waals surface area contributed by atoms with Crippen molar-refractivity contribution in [3.63, 3.8) is 0 Å². The third kappa shape index (κ3) is 6.10. The van der Waals surface area contributed by atoms with Crippen molar-refractivity contribution in [2.75, 3.05) is 33.7 Å². The number of nitrogens with one attached hydrogen (secondary N) is 2. The molecule has 0 radical (unpaired) electrons. The molecule has 4 heteroatoms.